The van der Waals surface area contributed by atoms with E-state index in [0.717, 1.165) is 13.0 Å². The number of pyridine rings is 1. The predicted molar refractivity (Wildman–Crippen MR) is 74.1 cm³/mol. The van der Waals surface area contributed by atoms with Gasteiger partial charge >= 0.3 is 0 Å². The first kappa shape index (κ1) is 13.8. The number of carbonyl (C=O) groups is 1. The van der Waals surface area contributed by atoms with Gasteiger partial charge in [-0.1, -0.05) is 6.92 Å². The normalized spacial score (nSPS) is 22.6. The minimum Gasteiger partial charge on any atom is -0.394 e. The standard InChI is InChI=1S/C14H21N3O2/c1-3-15-13-8-11(4-6-16-13)14(19)17-7-5-10(2)12(17)9-18/h4,6,8,10,12,18H,3,5,7,9H2,1-2H3,(H,15,16). The average Bonchev–Trinajstić information content (AvgIpc) is 2.79. The molecular weight excluding hydrogens is 242 g/mol. The van der Waals surface area contributed by atoms with Crippen LogP contribution in [0.1, 0.15) is 30.6 Å². The van der Waals surface area contributed by atoms with E-state index in [4.69, 9.17) is 0 Å². The van der Waals surface area contributed by atoms with Crippen molar-refractivity contribution in [1.29, 1.82) is 0 Å². The number of nitrogens with zero attached hydrogens (tertiary/aromatic N) is 2. The first-order valence-electron chi connectivity index (χ1n) is 6.79. The lowest BCUT2D eigenvalue weighted by atomic mass is 10.0. The van der Waals surface area contributed by atoms with Crippen molar-refractivity contribution in [3.05, 3.63) is 23.9 Å². The van der Waals surface area contributed by atoms with E-state index in [1.165, 1.54) is 0 Å². The van der Waals surface area contributed by atoms with E-state index >= 15 is 0 Å². The number of aliphatic hydroxyl groups excluding tert-OH is 1. The molecule has 2 N–H and O–H groups in total. The summed E-state index contributed by atoms with van der Waals surface area (Å²) >= 11 is 0. The van der Waals surface area contributed by atoms with Gasteiger partial charge in [0, 0.05) is 24.8 Å². The van der Waals surface area contributed by atoms with Gasteiger partial charge in [0.1, 0.15) is 5.82 Å². The van der Waals surface area contributed by atoms with Gasteiger partial charge in [0.2, 0.25) is 0 Å². The molecule has 5 heteroatoms. The van der Waals surface area contributed by atoms with Crippen molar-refractivity contribution in [2.45, 2.75) is 26.3 Å². The summed E-state index contributed by atoms with van der Waals surface area (Å²) in [5.41, 5.74) is 0.624. The molecule has 2 rings (SSSR count). The predicted octanol–water partition coefficient (Wildman–Crippen LogP) is 1.36. The molecule has 0 aromatic carbocycles. The van der Waals surface area contributed by atoms with Crippen LogP contribution in [0.25, 0.3) is 0 Å². The quantitative estimate of drug-likeness (QED) is 0.860. The maximum absolute atomic E-state index is 12.5. The van der Waals surface area contributed by atoms with Gasteiger partial charge < -0.3 is 15.3 Å². The van der Waals surface area contributed by atoms with Crippen LogP contribution in [0, 0.1) is 5.92 Å². The zero-order valence-corrected chi connectivity index (χ0v) is 11.5. The summed E-state index contributed by atoms with van der Waals surface area (Å²) in [4.78, 5) is 18.4. The number of aromatic nitrogens is 1. The van der Waals surface area contributed by atoms with Crippen molar-refractivity contribution in [3.63, 3.8) is 0 Å². The Bertz CT molecular complexity index is 450. The fraction of sp³-hybridized carbons (Fsp3) is 0.571. The minimum absolute atomic E-state index is 0.0232. The van der Waals surface area contributed by atoms with E-state index in [-0.39, 0.29) is 18.6 Å². The van der Waals surface area contributed by atoms with Gasteiger partial charge in [-0.3, -0.25) is 4.79 Å². The molecule has 0 aliphatic carbocycles. The van der Waals surface area contributed by atoms with Crippen LogP contribution in [0.15, 0.2) is 18.3 Å². The number of aliphatic hydroxyl groups is 1. The van der Waals surface area contributed by atoms with Crippen LogP contribution in [0.2, 0.25) is 0 Å². The first-order valence-corrected chi connectivity index (χ1v) is 6.79. The Morgan fingerprint density at radius 3 is 3.11 bits per heavy atom. The van der Waals surface area contributed by atoms with Crippen molar-refractivity contribution in [2.24, 2.45) is 5.92 Å². The Balaban J connectivity index is 2.17. The fourth-order valence-corrected chi connectivity index (χ4v) is 2.55. The number of anilines is 1. The lowest BCUT2D eigenvalue weighted by Gasteiger charge is -2.25. The van der Waals surface area contributed by atoms with Gasteiger partial charge in [-0.15, -0.1) is 0 Å². The summed E-state index contributed by atoms with van der Waals surface area (Å²) < 4.78 is 0. The SMILES string of the molecule is CCNc1cc(C(=O)N2CCC(C)C2CO)ccn1. The third kappa shape index (κ3) is 2.87. The van der Waals surface area contributed by atoms with Crippen LogP contribution in [0.4, 0.5) is 5.82 Å². The van der Waals surface area contributed by atoms with Gasteiger partial charge in [-0.25, -0.2) is 4.98 Å². The van der Waals surface area contributed by atoms with Gasteiger partial charge in [0.25, 0.3) is 5.91 Å². The number of nitrogens with one attached hydrogen (secondary N) is 1. The Kier molecular flexibility index (Phi) is 4.37. The highest BCUT2D eigenvalue weighted by molar-refractivity contribution is 5.95. The highest BCUT2D eigenvalue weighted by Crippen LogP contribution is 2.25. The molecule has 5 nitrogen and oxygen atoms in total. The molecule has 0 saturated carbocycles. The van der Waals surface area contributed by atoms with Gasteiger partial charge in [-0.05, 0) is 31.4 Å². The molecule has 0 radical (unpaired) electrons. The van der Waals surface area contributed by atoms with Crippen molar-refractivity contribution in [2.75, 3.05) is 25.0 Å². The number of rotatable bonds is 4. The third-order valence-corrected chi connectivity index (χ3v) is 3.70. The summed E-state index contributed by atoms with van der Waals surface area (Å²) in [5, 5.41) is 12.5. The molecule has 2 heterocycles. The molecule has 1 aliphatic heterocycles. The van der Waals surface area contributed by atoms with Crippen LogP contribution in [0.3, 0.4) is 0 Å². The summed E-state index contributed by atoms with van der Waals surface area (Å²) in [6, 6.07) is 3.42. The molecule has 0 bridgehead atoms. The summed E-state index contributed by atoms with van der Waals surface area (Å²) in [7, 11) is 0. The molecule has 104 valence electrons. The lowest BCUT2D eigenvalue weighted by molar-refractivity contribution is 0.0648. The number of hydrogen-bond donors (Lipinski definition) is 2. The Morgan fingerprint density at radius 1 is 1.63 bits per heavy atom. The van der Waals surface area contributed by atoms with E-state index in [2.05, 4.69) is 17.2 Å². The zero-order chi connectivity index (χ0) is 13.8. The molecule has 1 fully saturated rings. The molecular formula is C14H21N3O2. The lowest BCUT2D eigenvalue weighted by Crippen LogP contribution is -2.39. The van der Waals surface area contributed by atoms with Gasteiger partial charge in [0.15, 0.2) is 0 Å². The van der Waals surface area contributed by atoms with E-state index in [1.807, 2.05) is 6.92 Å². The minimum atomic E-state index is -0.0664. The Hall–Kier alpha value is -1.62. The van der Waals surface area contributed by atoms with Crippen LogP contribution < -0.4 is 5.32 Å². The van der Waals surface area contributed by atoms with Crippen LogP contribution in [0.5, 0.6) is 0 Å². The molecule has 1 saturated heterocycles. The van der Waals surface area contributed by atoms with Crippen molar-refractivity contribution >= 4 is 11.7 Å². The fourth-order valence-electron chi connectivity index (χ4n) is 2.55. The monoisotopic (exact) mass is 263 g/mol. The highest BCUT2D eigenvalue weighted by Gasteiger charge is 2.34. The molecule has 2 atom stereocenters. The van der Waals surface area contributed by atoms with Gasteiger partial charge in [0.05, 0.1) is 12.6 Å². The van der Waals surface area contributed by atoms with Crippen molar-refractivity contribution in [3.8, 4) is 0 Å². The largest absolute Gasteiger partial charge is 0.394 e. The second kappa shape index (κ2) is 6.02. The highest BCUT2D eigenvalue weighted by atomic mass is 16.3. The number of hydrogen-bond acceptors (Lipinski definition) is 4. The number of likely N-dealkylation sites (tertiary alicyclic amines) is 1. The maximum atomic E-state index is 12.5. The van der Waals surface area contributed by atoms with E-state index < -0.39 is 0 Å². The summed E-state index contributed by atoms with van der Waals surface area (Å²) in [6.07, 6.45) is 2.58. The molecule has 1 aromatic heterocycles. The molecule has 1 aromatic rings. The van der Waals surface area contributed by atoms with Crippen LogP contribution >= 0.6 is 0 Å². The third-order valence-electron chi connectivity index (χ3n) is 3.70. The number of amides is 1. The molecule has 2 unspecified atom stereocenters. The number of carbonyl (C=O) groups excluding carboxylic acids is 1. The molecule has 19 heavy (non-hydrogen) atoms. The first-order chi connectivity index (χ1) is 9.17. The van der Waals surface area contributed by atoms with E-state index in [1.54, 1.807) is 23.2 Å². The second-order valence-corrected chi connectivity index (χ2v) is 4.97. The van der Waals surface area contributed by atoms with Crippen LogP contribution in [-0.4, -0.2) is 46.6 Å². The molecule has 1 aliphatic rings. The van der Waals surface area contributed by atoms with Crippen molar-refractivity contribution < 1.29 is 9.90 Å². The Morgan fingerprint density at radius 2 is 2.42 bits per heavy atom. The van der Waals surface area contributed by atoms with Gasteiger partial charge in [-0.2, -0.15) is 0 Å². The zero-order valence-electron chi connectivity index (χ0n) is 11.5. The maximum Gasteiger partial charge on any atom is 0.254 e. The molecule has 0 spiro atoms. The summed E-state index contributed by atoms with van der Waals surface area (Å²) in [5.74, 6) is 1.04. The van der Waals surface area contributed by atoms with E-state index in [9.17, 15) is 9.90 Å². The molecule has 1 amide bonds. The van der Waals surface area contributed by atoms with Crippen molar-refractivity contribution in [1.82, 2.24) is 9.88 Å². The Labute approximate surface area is 113 Å². The average molecular weight is 263 g/mol. The second-order valence-electron chi connectivity index (χ2n) is 4.97. The summed E-state index contributed by atoms with van der Waals surface area (Å²) in [6.45, 7) is 5.57. The smallest absolute Gasteiger partial charge is 0.254 e. The topological polar surface area (TPSA) is 65.5 Å². The van der Waals surface area contributed by atoms with Crippen LogP contribution in [-0.2, 0) is 0 Å². The van der Waals surface area contributed by atoms with E-state index in [0.29, 0.717) is 23.8 Å².